The van der Waals surface area contributed by atoms with Gasteiger partial charge < -0.3 is 24.4 Å². The van der Waals surface area contributed by atoms with E-state index in [1.807, 2.05) is 105 Å². The maximum atomic E-state index is 14.2. The highest BCUT2D eigenvalue weighted by atomic mass is 127. The zero-order valence-corrected chi connectivity index (χ0v) is 88.3. The topological polar surface area (TPSA) is 154 Å². The Morgan fingerprint density at radius 2 is 0.549 bits per heavy atom. The highest BCUT2D eigenvalue weighted by Crippen LogP contribution is 2.65. The van der Waals surface area contributed by atoms with Crippen molar-refractivity contribution in [3.05, 3.63) is 265 Å². The molecule has 10 aliphatic rings. The molecule has 0 bridgehead atoms. The van der Waals surface area contributed by atoms with Crippen molar-refractivity contribution in [1.82, 2.24) is 0 Å². The first-order chi connectivity index (χ1) is 62.9. The highest BCUT2D eigenvalue weighted by Gasteiger charge is 2.62. The molecule has 712 valence electrons. The van der Waals surface area contributed by atoms with E-state index in [1.54, 1.807) is 0 Å². The number of ether oxygens (including phenoxy) is 3. The first kappa shape index (κ1) is 100. The van der Waals surface area contributed by atoms with Crippen molar-refractivity contribution in [2.75, 3.05) is 0 Å². The van der Waals surface area contributed by atoms with E-state index in [9.17, 15) is 34.2 Å². The zero-order valence-electron chi connectivity index (χ0n) is 84.0. The van der Waals surface area contributed by atoms with Gasteiger partial charge in [0.2, 0.25) is 0 Å². The quantitative estimate of drug-likeness (QED) is 0.0512. The van der Waals surface area contributed by atoms with Gasteiger partial charge in [-0.1, -0.05) is 282 Å². The summed E-state index contributed by atoms with van der Waals surface area (Å²) in [7, 11) is 0. The number of aliphatic carboxylic acids is 2. The number of carboxylic acid groups (broad SMARTS) is 2. The number of halogens is 2. The lowest BCUT2D eigenvalue weighted by atomic mass is 9.49. The van der Waals surface area contributed by atoms with Gasteiger partial charge in [0.05, 0.1) is 27.1 Å². The van der Waals surface area contributed by atoms with Crippen LogP contribution in [-0.4, -0.2) is 40.1 Å². The van der Waals surface area contributed by atoms with Gasteiger partial charge in [0.15, 0.2) is 0 Å². The number of esters is 3. The van der Waals surface area contributed by atoms with Crippen molar-refractivity contribution in [2.45, 2.75) is 375 Å². The van der Waals surface area contributed by atoms with Crippen LogP contribution in [0.15, 0.2) is 158 Å². The lowest BCUT2D eigenvalue weighted by Gasteiger charge is -2.54. The van der Waals surface area contributed by atoms with Crippen LogP contribution in [0.3, 0.4) is 0 Å². The average Bonchev–Trinajstić information content (AvgIpc) is 0.693. The second kappa shape index (κ2) is 39.1. The number of carbonyl (C=O) groups excluding carboxylic acids is 3. The molecular formula is C121H154I2O10. The first-order valence-electron chi connectivity index (χ1n) is 51.2. The minimum Gasteiger partial charge on any atom is -0.481 e. The van der Waals surface area contributed by atoms with Crippen LogP contribution in [0.4, 0.5) is 0 Å². The van der Waals surface area contributed by atoms with Crippen molar-refractivity contribution in [3.8, 4) is 11.1 Å². The number of fused-ring (bicyclic) bond motifs is 15. The summed E-state index contributed by atoms with van der Waals surface area (Å²) in [5.74, 6) is 2.25. The number of hydrogen-bond donors (Lipinski definition) is 2. The minimum atomic E-state index is -0.606. The Hall–Kier alpha value is -7.43. The molecule has 0 aliphatic heterocycles. The summed E-state index contributed by atoms with van der Waals surface area (Å²) in [6.45, 7) is 46.4. The Morgan fingerprint density at radius 3 is 0.820 bits per heavy atom. The van der Waals surface area contributed by atoms with E-state index in [4.69, 9.17) is 14.2 Å². The fourth-order valence-corrected chi connectivity index (χ4v) is 31.4. The standard InChI is InChI=1S/C54H66O4.C27H33IO2.C20H27IO2.C20H28O2/c1-35(2)41-29-39-21-23-47-51(5,25-15-27-53(47,7)49(55)57-33-37-17-11-9-12-18-37)45(39)31-43(41)44-32-46-40(30-42(44)36(3)4)22-24-48-52(46,6)26-16-28-54(48,8)50(56)58-34-38-19-13-10-14-20-38;1-18(2)21-15-20-11-12-24-26(3,22(20)16-23(21)28)13-8-14-27(24,4)25(29)30-17-19-9-6-5-7-10-19;1-12(2)14-10-13-6-7-17-19(3,15(13)11-16(14)21)8-5-9-20(17,4)18(22)23;1-13(2)14-6-8-16-15(12-14)7-9-17-19(16,3)10-5-11-20(17,4)18(21)22/h9-14,17-20,29-32,35-36,47-48H,15-16,21-28,33-34H2,1-8H3;5-7,9-10,15-16,18,24H,8,11-14,17H2,1-4H3;10-12,17H,5-9H2,1-4H3,(H,22,23);6,8,12-13,17H,5,7,9-11H2,1-4H3,(H,21,22). The molecule has 2 N–H and O–H groups in total. The van der Waals surface area contributed by atoms with E-state index >= 15 is 0 Å². The van der Waals surface area contributed by atoms with Crippen molar-refractivity contribution in [1.29, 1.82) is 0 Å². The number of rotatable bonds is 17. The Bertz CT molecular complexity index is 5480. The van der Waals surface area contributed by atoms with Crippen LogP contribution in [0.25, 0.3) is 11.1 Å². The minimum absolute atomic E-state index is 0.00834. The molecular weight excluding hydrogens is 1870 g/mol. The van der Waals surface area contributed by atoms with Gasteiger partial charge in [-0.25, -0.2) is 0 Å². The van der Waals surface area contributed by atoms with E-state index in [2.05, 4.69) is 237 Å². The molecule has 8 aromatic carbocycles. The van der Waals surface area contributed by atoms with Gasteiger partial charge >= 0.3 is 29.8 Å². The Kier molecular flexibility index (Phi) is 29.4. The molecule has 0 radical (unpaired) electrons. The van der Waals surface area contributed by atoms with Crippen LogP contribution < -0.4 is 0 Å². The van der Waals surface area contributed by atoms with E-state index in [0.29, 0.717) is 55.3 Å². The number of benzene rings is 8. The number of aryl methyl sites for hydroxylation is 5. The fraction of sp³-hybridized carbons (Fsp3) is 0.562. The Labute approximate surface area is 825 Å². The largest absolute Gasteiger partial charge is 0.481 e. The molecule has 18 rings (SSSR count). The lowest BCUT2D eigenvalue weighted by molar-refractivity contribution is -0.166. The molecule has 10 nitrogen and oxygen atoms in total. The molecule has 0 aromatic heterocycles. The molecule has 12 heteroatoms. The molecule has 0 heterocycles. The van der Waals surface area contributed by atoms with Gasteiger partial charge in [-0.3, -0.25) is 24.0 Å². The molecule has 133 heavy (non-hydrogen) atoms. The Balaban J connectivity index is 0.000000150. The second-order valence-corrected chi connectivity index (χ2v) is 49.0. The average molecular weight is 2020 g/mol. The van der Waals surface area contributed by atoms with Crippen molar-refractivity contribution in [3.63, 3.8) is 0 Å². The number of carbonyl (C=O) groups is 5. The summed E-state index contributed by atoms with van der Waals surface area (Å²) in [6, 6.07) is 57.0. The predicted octanol–water partition coefficient (Wildman–Crippen LogP) is 30.7. The SMILES string of the molecule is CC(C)c1cc2c(cc1-c1cc3c(cc1C(C)C)CCC1C(C)(C(=O)OCc4ccccc4)CCCC31C)C1(C)CCCC(C)(C(=O)OCc3ccccc3)C1CC2.CC(C)c1cc2c(cc1I)C1(C)CCCC(C)(C(=O)O)C1CC2.CC(C)c1cc2c(cc1I)C1(C)CCCC(C)(C(=O)OCc3ccccc3)C1CC2.CC(C)c1ccc2c(c1)CCC1C(C)(C(=O)O)CCCC21C. The van der Waals surface area contributed by atoms with Gasteiger partial charge in [0.1, 0.15) is 19.8 Å². The third kappa shape index (κ3) is 18.6. The summed E-state index contributed by atoms with van der Waals surface area (Å²) in [4.78, 5) is 65.7. The van der Waals surface area contributed by atoms with Crippen LogP contribution >= 0.6 is 45.2 Å². The van der Waals surface area contributed by atoms with Gasteiger partial charge in [-0.2, -0.15) is 0 Å². The van der Waals surface area contributed by atoms with E-state index < -0.39 is 39.0 Å². The smallest absolute Gasteiger partial charge is 0.312 e. The van der Waals surface area contributed by atoms with Gasteiger partial charge in [0.25, 0.3) is 0 Å². The fourth-order valence-electron chi connectivity index (χ4n) is 29.2. The lowest BCUT2D eigenvalue weighted by Crippen LogP contribution is -2.53. The molecule has 5 saturated carbocycles. The third-order valence-electron chi connectivity index (χ3n) is 36.8. The summed E-state index contributed by atoms with van der Waals surface area (Å²) in [6.07, 6.45) is 25.1. The zero-order chi connectivity index (χ0) is 95.7. The summed E-state index contributed by atoms with van der Waals surface area (Å²) < 4.78 is 20.9. The van der Waals surface area contributed by atoms with Crippen LogP contribution in [0.5, 0.6) is 0 Å². The molecule has 8 aromatic rings. The van der Waals surface area contributed by atoms with E-state index in [-0.39, 0.29) is 68.7 Å². The van der Waals surface area contributed by atoms with Crippen LogP contribution in [0.1, 0.15) is 397 Å². The van der Waals surface area contributed by atoms with E-state index in [0.717, 1.165) is 177 Å². The van der Waals surface area contributed by atoms with Crippen LogP contribution in [0.2, 0.25) is 0 Å². The molecule has 15 atom stereocenters. The van der Waals surface area contributed by atoms with Crippen molar-refractivity contribution >= 4 is 75.0 Å². The molecule has 10 aliphatic carbocycles. The number of carboxylic acids is 2. The maximum absolute atomic E-state index is 14.2. The second-order valence-electron chi connectivity index (χ2n) is 46.6. The predicted molar refractivity (Wildman–Crippen MR) is 557 cm³/mol. The Morgan fingerprint density at radius 1 is 0.301 bits per heavy atom. The van der Waals surface area contributed by atoms with Crippen molar-refractivity contribution < 1.29 is 48.4 Å². The van der Waals surface area contributed by atoms with Crippen molar-refractivity contribution in [2.24, 2.45) is 56.7 Å². The van der Waals surface area contributed by atoms with Crippen LogP contribution in [-0.2, 0) is 117 Å². The van der Waals surface area contributed by atoms with Gasteiger partial charge in [-0.05, 0) is 418 Å². The first-order valence-corrected chi connectivity index (χ1v) is 53.3. The monoisotopic (exact) mass is 2020 g/mol. The summed E-state index contributed by atoms with van der Waals surface area (Å²) in [5.41, 5.74) is 24.7. The van der Waals surface area contributed by atoms with Crippen LogP contribution in [0, 0.1) is 63.8 Å². The molecule has 5 fully saturated rings. The number of hydrogen-bond acceptors (Lipinski definition) is 8. The molecule has 0 spiro atoms. The van der Waals surface area contributed by atoms with Gasteiger partial charge in [0, 0.05) is 7.14 Å². The molecule has 0 saturated heterocycles. The summed E-state index contributed by atoms with van der Waals surface area (Å²) >= 11 is 4.96. The normalized spacial score (nSPS) is 30.3. The summed E-state index contributed by atoms with van der Waals surface area (Å²) in [5, 5.41) is 19.7. The molecule has 0 amide bonds. The highest BCUT2D eigenvalue weighted by molar-refractivity contribution is 14.1. The third-order valence-corrected chi connectivity index (χ3v) is 38.7. The van der Waals surface area contributed by atoms with E-state index in [1.165, 1.54) is 102 Å². The maximum Gasteiger partial charge on any atom is 0.312 e. The van der Waals surface area contributed by atoms with Gasteiger partial charge in [-0.15, -0.1) is 0 Å². The molecule has 15 unspecified atom stereocenters.